The Morgan fingerprint density at radius 3 is 2.11 bits per heavy atom. The quantitative estimate of drug-likeness (QED) is 0.639. The number of nitrogens with two attached hydrogens (primary N) is 1. The van der Waals surface area contributed by atoms with Crippen LogP contribution in [0.15, 0.2) is 0 Å². The molecule has 0 unspecified atom stereocenters. The summed E-state index contributed by atoms with van der Waals surface area (Å²) in [5.74, 6) is 2.03. The van der Waals surface area contributed by atoms with Gasteiger partial charge in [-0.05, 0) is 19.8 Å². The Kier molecular flexibility index (Phi) is 7.61. The van der Waals surface area contributed by atoms with Gasteiger partial charge in [-0.1, -0.05) is 52.4 Å². The maximum Gasteiger partial charge on any atom is 0.126 e. The highest BCUT2D eigenvalue weighted by Gasteiger charge is 2.11. The van der Waals surface area contributed by atoms with Gasteiger partial charge in [-0.15, -0.1) is 0 Å². The van der Waals surface area contributed by atoms with Gasteiger partial charge in [-0.25, -0.2) is 4.98 Å². The van der Waals surface area contributed by atoms with Gasteiger partial charge in [0.25, 0.3) is 0 Å². The second-order valence-electron chi connectivity index (χ2n) is 5.33. The molecular weight excluding hydrogens is 234 g/mol. The lowest BCUT2D eigenvalue weighted by molar-refractivity contribution is 0.587. The minimum Gasteiger partial charge on any atom is -0.384 e. The molecule has 1 aromatic rings. The van der Waals surface area contributed by atoms with Crippen molar-refractivity contribution < 1.29 is 0 Å². The van der Waals surface area contributed by atoms with E-state index in [1.807, 2.05) is 0 Å². The lowest BCUT2D eigenvalue weighted by Gasteiger charge is -2.04. The molecule has 3 heteroatoms. The average Bonchev–Trinajstić information content (AvgIpc) is 2.73. The van der Waals surface area contributed by atoms with Crippen LogP contribution in [-0.4, -0.2) is 9.55 Å². The minimum absolute atomic E-state index is 0.894. The summed E-state index contributed by atoms with van der Waals surface area (Å²) in [4.78, 5) is 4.68. The van der Waals surface area contributed by atoms with Crippen LogP contribution in [0.5, 0.6) is 0 Å². The van der Waals surface area contributed by atoms with Gasteiger partial charge in [-0.2, -0.15) is 0 Å². The van der Waals surface area contributed by atoms with Gasteiger partial charge in [0, 0.05) is 13.0 Å². The van der Waals surface area contributed by atoms with Crippen molar-refractivity contribution in [2.75, 3.05) is 5.73 Å². The Bertz CT molecular complexity index is 355. The monoisotopic (exact) mass is 265 g/mol. The predicted molar refractivity (Wildman–Crippen MR) is 83.4 cm³/mol. The summed E-state index contributed by atoms with van der Waals surface area (Å²) in [5.41, 5.74) is 7.29. The Labute approximate surface area is 118 Å². The molecule has 0 spiro atoms. The predicted octanol–water partition coefficient (Wildman–Crippen LogP) is 4.34. The molecule has 0 fully saturated rings. The van der Waals surface area contributed by atoms with Crippen LogP contribution >= 0.6 is 0 Å². The van der Waals surface area contributed by atoms with Crippen molar-refractivity contribution in [2.24, 2.45) is 0 Å². The van der Waals surface area contributed by atoms with E-state index in [9.17, 15) is 0 Å². The largest absolute Gasteiger partial charge is 0.384 e. The van der Waals surface area contributed by atoms with Crippen molar-refractivity contribution in [3.05, 3.63) is 11.5 Å². The topological polar surface area (TPSA) is 43.8 Å². The van der Waals surface area contributed by atoms with Gasteiger partial charge in [-0.3, -0.25) is 0 Å². The zero-order valence-electron chi connectivity index (χ0n) is 13.0. The third-order valence-electron chi connectivity index (χ3n) is 3.81. The fourth-order valence-corrected chi connectivity index (χ4v) is 2.62. The number of nitrogens with zero attached hydrogens (tertiary/aromatic N) is 2. The Morgan fingerprint density at radius 1 is 0.947 bits per heavy atom. The number of anilines is 1. The molecule has 0 saturated heterocycles. The molecule has 0 bridgehead atoms. The molecule has 1 heterocycles. The summed E-state index contributed by atoms with van der Waals surface area (Å²) < 4.78 is 2.15. The Balaban J connectivity index is 2.31. The smallest absolute Gasteiger partial charge is 0.126 e. The van der Waals surface area contributed by atoms with E-state index in [-0.39, 0.29) is 0 Å². The highest BCUT2D eigenvalue weighted by Crippen LogP contribution is 2.18. The molecule has 110 valence electrons. The van der Waals surface area contributed by atoms with Crippen LogP contribution in [-0.2, 0) is 19.4 Å². The number of aromatic nitrogens is 2. The third kappa shape index (κ3) is 4.88. The zero-order chi connectivity index (χ0) is 14.1. The summed E-state index contributed by atoms with van der Waals surface area (Å²) in [7, 11) is 0. The van der Waals surface area contributed by atoms with Gasteiger partial charge in [0.1, 0.15) is 11.6 Å². The highest BCUT2D eigenvalue weighted by molar-refractivity contribution is 5.38. The second-order valence-corrected chi connectivity index (χ2v) is 5.33. The van der Waals surface area contributed by atoms with Crippen molar-refractivity contribution in [1.82, 2.24) is 9.55 Å². The molecular formula is C16H31N3. The van der Waals surface area contributed by atoms with E-state index in [0.717, 1.165) is 36.7 Å². The average molecular weight is 265 g/mol. The molecule has 2 N–H and O–H groups in total. The zero-order valence-corrected chi connectivity index (χ0v) is 13.0. The molecule has 0 aromatic carbocycles. The molecule has 0 aliphatic heterocycles. The maximum atomic E-state index is 6.17. The van der Waals surface area contributed by atoms with Crippen LogP contribution in [0, 0.1) is 0 Å². The van der Waals surface area contributed by atoms with Gasteiger partial charge >= 0.3 is 0 Å². The SMILES string of the molecule is CCCCCCCCCc1nc(CC)n(CC)c1N. The number of aryl methyl sites for hydroxylation is 2. The van der Waals surface area contributed by atoms with Gasteiger partial charge in [0.05, 0.1) is 5.69 Å². The Hall–Kier alpha value is -0.990. The molecule has 0 aliphatic rings. The summed E-state index contributed by atoms with van der Waals surface area (Å²) in [6.45, 7) is 7.47. The minimum atomic E-state index is 0.894. The molecule has 0 saturated carbocycles. The van der Waals surface area contributed by atoms with Gasteiger partial charge in [0.15, 0.2) is 0 Å². The molecule has 0 radical (unpaired) electrons. The fourth-order valence-electron chi connectivity index (χ4n) is 2.62. The molecule has 1 rings (SSSR count). The van der Waals surface area contributed by atoms with E-state index in [0.29, 0.717) is 0 Å². The van der Waals surface area contributed by atoms with Crippen LogP contribution in [0.1, 0.15) is 77.2 Å². The lowest BCUT2D eigenvalue weighted by Crippen LogP contribution is -2.05. The van der Waals surface area contributed by atoms with E-state index in [2.05, 4.69) is 30.3 Å². The van der Waals surface area contributed by atoms with Crippen molar-refractivity contribution in [3.8, 4) is 0 Å². The molecule has 3 nitrogen and oxygen atoms in total. The van der Waals surface area contributed by atoms with Crippen LogP contribution in [0.4, 0.5) is 5.82 Å². The molecule has 0 amide bonds. The summed E-state index contributed by atoms with van der Waals surface area (Å²) in [6, 6.07) is 0. The summed E-state index contributed by atoms with van der Waals surface area (Å²) in [5, 5.41) is 0. The number of hydrogen-bond donors (Lipinski definition) is 1. The highest BCUT2D eigenvalue weighted by atomic mass is 15.1. The van der Waals surface area contributed by atoms with Crippen molar-refractivity contribution >= 4 is 5.82 Å². The van der Waals surface area contributed by atoms with Crippen molar-refractivity contribution in [1.29, 1.82) is 0 Å². The first kappa shape index (κ1) is 16.1. The molecule has 0 atom stereocenters. The fraction of sp³-hybridized carbons (Fsp3) is 0.812. The number of nitrogen functional groups attached to an aromatic ring is 1. The van der Waals surface area contributed by atoms with E-state index in [1.165, 1.54) is 44.9 Å². The van der Waals surface area contributed by atoms with E-state index in [4.69, 9.17) is 5.73 Å². The van der Waals surface area contributed by atoms with Crippen LogP contribution in [0.2, 0.25) is 0 Å². The number of rotatable bonds is 10. The lowest BCUT2D eigenvalue weighted by atomic mass is 10.1. The standard InChI is InChI=1S/C16H31N3/c1-4-7-8-9-10-11-12-13-14-16(17)19(6-3)15(5-2)18-14/h4-13,17H2,1-3H3. The van der Waals surface area contributed by atoms with Crippen LogP contribution < -0.4 is 5.73 Å². The van der Waals surface area contributed by atoms with Crippen LogP contribution in [0.3, 0.4) is 0 Å². The van der Waals surface area contributed by atoms with E-state index in [1.54, 1.807) is 0 Å². The van der Waals surface area contributed by atoms with Gasteiger partial charge in [0.2, 0.25) is 0 Å². The van der Waals surface area contributed by atoms with Crippen LogP contribution in [0.25, 0.3) is 0 Å². The normalized spacial score (nSPS) is 11.1. The number of unbranched alkanes of at least 4 members (excludes halogenated alkanes) is 6. The number of imidazole rings is 1. The van der Waals surface area contributed by atoms with E-state index < -0.39 is 0 Å². The molecule has 0 aliphatic carbocycles. The first-order valence-corrected chi connectivity index (χ1v) is 8.08. The summed E-state index contributed by atoms with van der Waals surface area (Å²) >= 11 is 0. The van der Waals surface area contributed by atoms with Crippen molar-refractivity contribution in [2.45, 2.75) is 85.1 Å². The molecule has 1 aromatic heterocycles. The van der Waals surface area contributed by atoms with Crippen molar-refractivity contribution in [3.63, 3.8) is 0 Å². The Morgan fingerprint density at radius 2 is 1.58 bits per heavy atom. The summed E-state index contributed by atoms with van der Waals surface area (Å²) in [6.07, 6.45) is 11.4. The molecule has 19 heavy (non-hydrogen) atoms. The first-order chi connectivity index (χ1) is 9.24. The second kappa shape index (κ2) is 9.00. The van der Waals surface area contributed by atoms with Gasteiger partial charge < -0.3 is 10.3 Å². The maximum absolute atomic E-state index is 6.17. The first-order valence-electron chi connectivity index (χ1n) is 8.08. The van der Waals surface area contributed by atoms with E-state index >= 15 is 0 Å². The third-order valence-corrected chi connectivity index (χ3v) is 3.81. The number of hydrogen-bond acceptors (Lipinski definition) is 2.